The van der Waals surface area contributed by atoms with Crippen LogP contribution in [0.1, 0.15) is 45.9 Å². The average molecular weight is 545 g/mol. The molecule has 1 N–H and O–H groups in total. The number of benzene rings is 3. The fourth-order valence-electron chi connectivity index (χ4n) is 5.62. The van der Waals surface area contributed by atoms with Crippen LogP contribution in [0.25, 0.3) is 5.69 Å². The first-order valence-corrected chi connectivity index (χ1v) is 13.9. The second-order valence-electron chi connectivity index (χ2n) is 10.4. The zero-order valence-electron chi connectivity index (χ0n) is 23.1. The van der Waals surface area contributed by atoms with Gasteiger partial charge in [0.2, 0.25) is 0 Å². The van der Waals surface area contributed by atoms with E-state index in [2.05, 4.69) is 91.0 Å². The summed E-state index contributed by atoms with van der Waals surface area (Å²) in [5, 5.41) is 4.26. The molecule has 0 aliphatic carbocycles. The van der Waals surface area contributed by atoms with Crippen molar-refractivity contribution in [2.24, 2.45) is 0 Å². The number of hydrogen-bond donors (Lipinski definition) is 1. The third kappa shape index (κ3) is 4.87. The predicted octanol–water partition coefficient (Wildman–Crippen LogP) is 8.08. The summed E-state index contributed by atoms with van der Waals surface area (Å²) in [4.78, 5) is 6.93. The molecule has 1 fully saturated rings. The lowest BCUT2D eigenvalue weighted by atomic mass is 9.96. The maximum absolute atomic E-state index is 6.10. The van der Waals surface area contributed by atoms with Crippen LogP contribution in [0.5, 0.6) is 11.5 Å². The normalized spacial score (nSPS) is 16.7. The highest BCUT2D eigenvalue weighted by atomic mass is 32.1. The lowest BCUT2D eigenvalue weighted by Gasteiger charge is -2.28. The summed E-state index contributed by atoms with van der Waals surface area (Å²) in [5.74, 6) is 1.59. The van der Waals surface area contributed by atoms with E-state index in [1.54, 1.807) is 0 Å². The fraction of sp³-hybridized carbons (Fsp3) is 0.176. The minimum atomic E-state index is -0.108. The third-order valence-corrected chi connectivity index (χ3v) is 7.83. The van der Waals surface area contributed by atoms with Crippen molar-refractivity contribution in [3.05, 3.63) is 137 Å². The molecular weight excluding hydrogens is 512 g/mol. The van der Waals surface area contributed by atoms with Crippen LogP contribution >= 0.6 is 12.2 Å². The Kier molecular flexibility index (Phi) is 6.86. The Bertz CT molecular complexity index is 1660. The summed E-state index contributed by atoms with van der Waals surface area (Å²) in [6.45, 7) is 8.55. The minimum absolute atomic E-state index is 0.0870. The van der Waals surface area contributed by atoms with E-state index < -0.39 is 0 Å². The van der Waals surface area contributed by atoms with Gasteiger partial charge < -0.3 is 19.5 Å². The number of anilines is 1. The second kappa shape index (κ2) is 10.6. The molecule has 1 saturated heterocycles. The molecule has 0 saturated carbocycles. The first-order valence-electron chi connectivity index (χ1n) is 13.5. The van der Waals surface area contributed by atoms with Gasteiger partial charge in [-0.15, -0.1) is 0 Å². The number of aryl methyl sites for hydroxylation is 3. The van der Waals surface area contributed by atoms with Crippen LogP contribution in [-0.2, 0) is 0 Å². The van der Waals surface area contributed by atoms with Crippen molar-refractivity contribution in [2.45, 2.75) is 39.8 Å². The van der Waals surface area contributed by atoms with Crippen LogP contribution in [0.15, 0.2) is 103 Å². The Morgan fingerprint density at radius 1 is 0.750 bits per heavy atom. The highest BCUT2D eigenvalue weighted by molar-refractivity contribution is 7.80. The van der Waals surface area contributed by atoms with E-state index in [9.17, 15) is 0 Å². The van der Waals surface area contributed by atoms with Crippen molar-refractivity contribution in [3.8, 4) is 17.2 Å². The number of ether oxygens (including phenoxy) is 1. The van der Waals surface area contributed by atoms with E-state index in [0.29, 0.717) is 5.11 Å². The van der Waals surface area contributed by atoms with E-state index in [1.807, 2.05) is 54.7 Å². The number of thiocarbonyl (C=S) groups is 1. The summed E-state index contributed by atoms with van der Waals surface area (Å²) in [6, 6.07) is 33.0. The van der Waals surface area contributed by atoms with Crippen LogP contribution in [-0.4, -0.2) is 14.7 Å². The Balaban J connectivity index is 1.41. The Morgan fingerprint density at radius 2 is 1.48 bits per heavy atom. The maximum Gasteiger partial charge on any atom is 0.174 e. The quantitative estimate of drug-likeness (QED) is 0.219. The van der Waals surface area contributed by atoms with E-state index >= 15 is 0 Å². The largest absolute Gasteiger partial charge is 0.457 e. The molecule has 2 atom stereocenters. The summed E-state index contributed by atoms with van der Waals surface area (Å²) in [6.07, 6.45) is 1.84. The standard InChI is InChI=1S/C34H32N4OS/c1-22-11-15-28(16-12-22)39-29-17-13-26(14-18-29)38-33(32(36-34(38)40)31-10-5-6-19-35-31)30-21-24(3)37(25(30)4)27-9-7-8-23(2)20-27/h5-21,32-33H,1-4H3,(H,36,40)/t32-,33-/m1/s1. The second-order valence-corrected chi connectivity index (χ2v) is 10.8. The molecular formula is C34H32N4OS. The lowest BCUT2D eigenvalue weighted by Crippen LogP contribution is -2.29. The average Bonchev–Trinajstić information content (AvgIpc) is 3.45. The van der Waals surface area contributed by atoms with Gasteiger partial charge >= 0.3 is 0 Å². The smallest absolute Gasteiger partial charge is 0.174 e. The van der Waals surface area contributed by atoms with Gasteiger partial charge in [-0.05, 0) is 118 Å². The maximum atomic E-state index is 6.10. The van der Waals surface area contributed by atoms with E-state index in [0.717, 1.165) is 28.6 Å². The van der Waals surface area contributed by atoms with E-state index in [1.165, 1.54) is 28.1 Å². The Hall–Kier alpha value is -4.42. The van der Waals surface area contributed by atoms with Gasteiger partial charge in [-0.3, -0.25) is 4.98 Å². The summed E-state index contributed by atoms with van der Waals surface area (Å²) in [7, 11) is 0. The molecule has 3 aromatic carbocycles. The van der Waals surface area contributed by atoms with Crippen LogP contribution in [0.2, 0.25) is 0 Å². The topological polar surface area (TPSA) is 42.3 Å². The SMILES string of the molecule is Cc1ccc(Oc2ccc(N3C(=S)N[C@H](c4ccccn4)[C@H]3c3cc(C)n(-c4cccc(C)c4)c3C)cc2)cc1. The van der Waals surface area contributed by atoms with Gasteiger partial charge in [0.05, 0.1) is 17.8 Å². The highest BCUT2D eigenvalue weighted by Crippen LogP contribution is 2.44. The number of hydrogen-bond acceptors (Lipinski definition) is 3. The van der Waals surface area contributed by atoms with Gasteiger partial charge in [0.1, 0.15) is 11.5 Å². The third-order valence-electron chi connectivity index (χ3n) is 7.52. The lowest BCUT2D eigenvalue weighted by molar-refractivity contribution is 0.482. The molecule has 200 valence electrons. The van der Waals surface area contributed by atoms with Crippen LogP contribution < -0.4 is 15.0 Å². The molecule has 1 aliphatic heterocycles. The monoisotopic (exact) mass is 544 g/mol. The molecule has 6 rings (SSSR count). The van der Waals surface area contributed by atoms with Crippen molar-refractivity contribution in [1.29, 1.82) is 0 Å². The van der Waals surface area contributed by atoms with Crippen molar-refractivity contribution >= 4 is 23.0 Å². The van der Waals surface area contributed by atoms with Crippen molar-refractivity contribution < 1.29 is 4.74 Å². The van der Waals surface area contributed by atoms with Gasteiger partial charge in [0.25, 0.3) is 0 Å². The van der Waals surface area contributed by atoms with E-state index in [-0.39, 0.29) is 12.1 Å². The number of nitrogens with one attached hydrogen (secondary N) is 1. The molecule has 0 radical (unpaired) electrons. The molecule has 5 nitrogen and oxygen atoms in total. The first-order chi connectivity index (χ1) is 19.4. The Morgan fingerprint density at radius 3 is 2.15 bits per heavy atom. The van der Waals surface area contributed by atoms with Gasteiger partial charge in [0, 0.05) is 29.0 Å². The molecule has 1 aliphatic rings. The molecule has 3 heterocycles. The number of pyridine rings is 1. The number of aromatic nitrogens is 2. The summed E-state index contributed by atoms with van der Waals surface area (Å²) in [5.41, 5.74) is 9.12. The van der Waals surface area contributed by atoms with Gasteiger partial charge in [0.15, 0.2) is 5.11 Å². The van der Waals surface area contributed by atoms with Crippen molar-refractivity contribution in [2.75, 3.05) is 4.90 Å². The zero-order valence-corrected chi connectivity index (χ0v) is 23.9. The molecule has 40 heavy (non-hydrogen) atoms. The summed E-state index contributed by atoms with van der Waals surface area (Å²) < 4.78 is 8.43. The molecule has 6 heteroatoms. The van der Waals surface area contributed by atoms with E-state index in [4.69, 9.17) is 21.9 Å². The molecule has 2 aromatic heterocycles. The van der Waals surface area contributed by atoms with Gasteiger partial charge in [-0.25, -0.2) is 0 Å². The molecule has 0 spiro atoms. The van der Waals surface area contributed by atoms with Crippen LogP contribution in [0.3, 0.4) is 0 Å². The molecule has 0 amide bonds. The van der Waals surface area contributed by atoms with Crippen LogP contribution in [0.4, 0.5) is 5.69 Å². The predicted molar refractivity (Wildman–Crippen MR) is 166 cm³/mol. The number of nitrogens with zero attached hydrogens (tertiary/aromatic N) is 3. The minimum Gasteiger partial charge on any atom is -0.457 e. The molecule has 0 bridgehead atoms. The Labute approximate surface area is 241 Å². The zero-order chi connectivity index (χ0) is 27.8. The fourth-order valence-corrected chi connectivity index (χ4v) is 5.96. The summed E-state index contributed by atoms with van der Waals surface area (Å²) >= 11 is 5.97. The number of rotatable bonds is 6. The molecule has 5 aromatic rings. The van der Waals surface area contributed by atoms with Crippen molar-refractivity contribution in [1.82, 2.24) is 14.9 Å². The van der Waals surface area contributed by atoms with Crippen molar-refractivity contribution in [3.63, 3.8) is 0 Å². The molecule has 0 unspecified atom stereocenters. The van der Waals surface area contributed by atoms with Crippen LogP contribution in [0, 0.1) is 27.7 Å². The van der Waals surface area contributed by atoms with Gasteiger partial charge in [-0.1, -0.05) is 35.9 Å². The highest BCUT2D eigenvalue weighted by Gasteiger charge is 2.42. The first kappa shape index (κ1) is 25.8. The van der Waals surface area contributed by atoms with Gasteiger partial charge in [-0.2, -0.15) is 0 Å².